The van der Waals surface area contributed by atoms with Crippen LogP contribution in [0.1, 0.15) is 13.8 Å². The number of nitrogens with one attached hydrogen (secondary N) is 1. The SMILES string of the molecule is CC(C)COc1cc(S(C)(=N)=O)ccc1N. The molecule has 1 aromatic rings. The largest absolute Gasteiger partial charge is 0.491 e. The van der Waals surface area contributed by atoms with Crippen molar-refractivity contribution in [2.75, 3.05) is 18.6 Å². The minimum absolute atomic E-state index is 0.394. The van der Waals surface area contributed by atoms with Gasteiger partial charge >= 0.3 is 0 Å². The summed E-state index contributed by atoms with van der Waals surface area (Å²) in [5.41, 5.74) is 6.25. The average molecular weight is 242 g/mol. The van der Waals surface area contributed by atoms with Gasteiger partial charge in [-0.05, 0) is 24.1 Å². The Bertz CT molecular complexity index is 467. The summed E-state index contributed by atoms with van der Waals surface area (Å²) in [7, 11) is -2.72. The molecule has 0 aliphatic rings. The van der Waals surface area contributed by atoms with Crippen molar-refractivity contribution in [1.29, 1.82) is 4.78 Å². The van der Waals surface area contributed by atoms with E-state index >= 15 is 0 Å². The van der Waals surface area contributed by atoms with Gasteiger partial charge in [-0.1, -0.05) is 13.8 Å². The first-order chi connectivity index (χ1) is 7.30. The van der Waals surface area contributed by atoms with Crippen molar-refractivity contribution in [3.05, 3.63) is 18.2 Å². The first-order valence-electron chi connectivity index (χ1n) is 5.07. The van der Waals surface area contributed by atoms with Crippen LogP contribution in [0.15, 0.2) is 23.1 Å². The van der Waals surface area contributed by atoms with Crippen LogP contribution in [-0.2, 0) is 9.73 Å². The lowest BCUT2D eigenvalue weighted by molar-refractivity contribution is 0.272. The van der Waals surface area contributed by atoms with Gasteiger partial charge in [0.15, 0.2) is 0 Å². The maximum absolute atomic E-state index is 11.6. The molecular formula is C11H18N2O2S. The Hall–Kier alpha value is -1.23. The van der Waals surface area contributed by atoms with Crippen molar-refractivity contribution in [3.63, 3.8) is 0 Å². The van der Waals surface area contributed by atoms with Crippen LogP contribution in [0.4, 0.5) is 5.69 Å². The van der Waals surface area contributed by atoms with E-state index in [0.29, 0.717) is 28.9 Å². The van der Waals surface area contributed by atoms with E-state index in [2.05, 4.69) is 0 Å². The lowest BCUT2D eigenvalue weighted by Gasteiger charge is -2.12. The Kier molecular flexibility index (Phi) is 3.80. The molecule has 0 aliphatic carbocycles. The van der Waals surface area contributed by atoms with E-state index in [-0.39, 0.29) is 0 Å². The fourth-order valence-corrected chi connectivity index (χ4v) is 1.80. The molecule has 90 valence electrons. The highest BCUT2D eigenvalue weighted by Crippen LogP contribution is 2.25. The number of benzene rings is 1. The quantitative estimate of drug-likeness (QED) is 0.796. The van der Waals surface area contributed by atoms with Gasteiger partial charge in [-0.15, -0.1) is 0 Å². The second-order valence-corrected chi connectivity index (χ2v) is 6.41. The van der Waals surface area contributed by atoms with Gasteiger partial charge in [-0.25, -0.2) is 8.99 Å². The fourth-order valence-electron chi connectivity index (χ4n) is 1.14. The Morgan fingerprint density at radius 3 is 2.62 bits per heavy atom. The molecule has 0 spiro atoms. The molecule has 1 aromatic carbocycles. The maximum Gasteiger partial charge on any atom is 0.143 e. The van der Waals surface area contributed by atoms with Gasteiger partial charge in [0.2, 0.25) is 0 Å². The summed E-state index contributed by atoms with van der Waals surface area (Å²) >= 11 is 0. The van der Waals surface area contributed by atoms with Gasteiger partial charge in [0.05, 0.1) is 26.9 Å². The topological polar surface area (TPSA) is 76.2 Å². The van der Waals surface area contributed by atoms with Crippen molar-refractivity contribution in [3.8, 4) is 5.75 Å². The normalized spacial score (nSPS) is 14.8. The van der Waals surface area contributed by atoms with Crippen molar-refractivity contribution >= 4 is 15.4 Å². The Balaban J connectivity index is 3.00. The van der Waals surface area contributed by atoms with Crippen molar-refractivity contribution in [2.24, 2.45) is 5.92 Å². The molecule has 16 heavy (non-hydrogen) atoms. The van der Waals surface area contributed by atoms with Crippen LogP contribution < -0.4 is 10.5 Å². The standard InChI is InChI=1S/C11H18N2O2S/c1-8(2)7-15-11-6-9(16(3,13)14)4-5-10(11)12/h4-6,8,13H,7,12H2,1-3H3. The summed E-state index contributed by atoms with van der Waals surface area (Å²) in [6.07, 6.45) is 1.38. The van der Waals surface area contributed by atoms with Gasteiger partial charge in [-0.3, -0.25) is 0 Å². The molecule has 1 unspecified atom stereocenters. The van der Waals surface area contributed by atoms with E-state index in [9.17, 15) is 4.21 Å². The Labute approximate surface area is 96.8 Å². The molecule has 0 aromatic heterocycles. The van der Waals surface area contributed by atoms with Gasteiger partial charge in [0.25, 0.3) is 0 Å². The molecule has 0 saturated carbocycles. The zero-order valence-corrected chi connectivity index (χ0v) is 10.6. The molecule has 0 saturated heterocycles. The van der Waals surface area contributed by atoms with Crippen LogP contribution in [0, 0.1) is 10.7 Å². The average Bonchev–Trinajstić information content (AvgIpc) is 2.14. The number of rotatable bonds is 4. The molecule has 5 heteroatoms. The van der Waals surface area contributed by atoms with E-state index in [1.165, 1.54) is 6.26 Å². The van der Waals surface area contributed by atoms with Gasteiger partial charge in [-0.2, -0.15) is 0 Å². The number of hydrogen-bond donors (Lipinski definition) is 2. The molecule has 0 amide bonds. The number of hydrogen-bond acceptors (Lipinski definition) is 4. The van der Waals surface area contributed by atoms with Crippen LogP contribution in [-0.4, -0.2) is 17.1 Å². The molecule has 0 radical (unpaired) electrons. The van der Waals surface area contributed by atoms with E-state index in [1.54, 1.807) is 18.2 Å². The van der Waals surface area contributed by atoms with Crippen molar-refractivity contribution in [2.45, 2.75) is 18.7 Å². The zero-order chi connectivity index (χ0) is 12.3. The molecule has 0 aliphatic heterocycles. The number of ether oxygens (including phenoxy) is 1. The number of nitrogen functional groups attached to an aromatic ring is 1. The highest BCUT2D eigenvalue weighted by molar-refractivity contribution is 7.91. The number of nitrogens with two attached hydrogens (primary N) is 1. The predicted octanol–water partition coefficient (Wildman–Crippen LogP) is 2.34. The second-order valence-electron chi connectivity index (χ2n) is 4.25. The molecular weight excluding hydrogens is 224 g/mol. The molecule has 3 N–H and O–H groups in total. The lowest BCUT2D eigenvalue weighted by Crippen LogP contribution is -2.07. The highest BCUT2D eigenvalue weighted by Gasteiger charge is 2.08. The van der Waals surface area contributed by atoms with Gasteiger partial charge in [0.1, 0.15) is 5.75 Å². The van der Waals surface area contributed by atoms with E-state index in [4.69, 9.17) is 15.3 Å². The van der Waals surface area contributed by atoms with E-state index in [0.717, 1.165) is 0 Å². The van der Waals surface area contributed by atoms with Crippen LogP contribution >= 0.6 is 0 Å². The summed E-state index contributed by atoms with van der Waals surface area (Å²) in [6.45, 7) is 4.62. The zero-order valence-electron chi connectivity index (χ0n) is 9.82. The van der Waals surface area contributed by atoms with Crippen LogP contribution in [0.25, 0.3) is 0 Å². The number of anilines is 1. The van der Waals surface area contributed by atoms with Crippen LogP contribution in [0.5, 0.6) is 5.75 Å². The highest BCUT2D eigenvalue weighted by atomic mass is 32.2. The smallest absolute Gasteiger partial charge is 0.143 e. The van der Waals surface area contributed by atoms with Gasteiger partial charge < -0.3 is 10.5 Å². The monoisotopic (exact) mass is 242 g/mol. The van der Waals surface area contributed by atoms with Crippen molar-refractivity contribution in [1.82, 2.24) is 0 Å². The van der Waals surface area contributed by atoms with Crippen LogP contribution in [0.3, 0.4) is 0 Å². The molecule has 1 rings (SSSR count). The van der Waals surface area contributed by atoms with Crippen LogP contribution in [0.2, 0.25) is 0 Å². The van der Waals surface area contributed by atoms with Gasteiger partial charge in [0, 0.05) is 6.26 Å². The molecule has 0 heterocycles. The Morgan fingerprint density at radius 2 is 2.12 bits per heavy atom. The fraction of sp³-hybridized carbons (Fsp3) is 0.455. The molecule has 4 nitrogen and oxygen atoms in total. The summed E-state index contributed by atoms with van der Waals surface area (Å²) in [4.78, 5) is 0.445. The summed E-state index contributed by atoms with van der Waals surface area (Å²) < 4.78 is 24.5. The third-order valence-electron chi connectivity index (χ3n) is 2.01. The van der Waals surface area contributed by atoms with E-state index < -0.39 is 9.73 Å². The molecule has 0 bridgehead atoms. The molecule has 1 atom stereocenters. The first kappa shape index (κ1) is 12.8. The second kappa shape index (κ2) is 4.74. The van der Waals surface area contributed by atoms with E-state index in [1.807, 2.05) is 13.8 Å². The third-order valence-corrected chi connectivity index (χ3v) is 3.16. The minimum Gasteiger partial charge on any atom is -0.491 e. The first-order valence-corrected chi connectivity index (χ1v) is 7.03. The summed E-state index contributed by atoms with van der Waals surface area (Å²) in [5, 5.41) is 0. The third kappa shape index (κ3) is 3.41. The predicted molar refractivity (Wildman–Crippen MR) is 66.2 cm³/mol. The maximum atomic E-state index is 11.6. The lowest BCUT2D eigenvalue weighted by atomic mass is 10.2. The minimum atomic E-state index is -2.72. The molecule has 0 fully saturated rings. The summed E-state index contributed by atoms with van der Waals surface area (Å²) in [6, 6.07) is 4.82. The van der Waals surface area contributed by atoms with Crippen molar-refractivity contribution < 1.29 is 8.95 Å². The Morgan fingerprint density at radius 1 is 1.50 bits per heavy atom. The summed E-state index contributed by atoms with van der Waals surface area (Å²) in [5.74, 6) is 0.901.